The predicted molar refractivity (Wildman–Crippen MR) is 98.9 cm³/mol. The molecule has 4 nitrogen and oxygen atoms in total. The number of fused-ring (bicyclic) bond motifs is 3. The van der Waals surface area contributed by atoms with Crippen LogP contribution in [-0.4, -0.2) is 42.5 Å². The molecule has 26 heavy (non-hydrogen) atoms. The molecule has 1 aliphatic rings. The predicted octanol–water partition coefficient (Wildman–Crippen LogP) is 3.70. The maximum Gasteiger partial charge on any atom is 0.217 e. The van der Waals surface area contributed by atoms with Crippen molar-refractivity contribution in [3.63, 3.8) is 0 Å². The van der Waals surface area contributed by atoms with Gasteiger partial charge in [-0.15, -0.1) is 0 Å². The third-order valence-corrected chi connectivity index (χ3v) is 5.34. The van der Waals surface area contributed by atoms with Crippen molar-refractivity contribution in [2.24, 2.45) is 0 Å². The largest absolute Gasteiger partial charge is 0.494 e. The molecule has 5 heteroatoms. The zero-order valence-corrected chi connectivity index (χ0v) is 15.0. The number of halogens is 1. The summed E-state index contributed by atoms with van der Waals surface area (Å²) in [6.45, 7) is 2.03. The molecule has 0 fully saturated rings. The van der Waals surface area contributed by atoms with Gasteiger partial charge in [-0.1, -0.05) is 18.2 Å². The number of Topliss-reactive ketones (excluding diaryl/α,β-unsaturated/α-hetero) is 1. The number of quaternary nitrogens is 1. The van der Waals surface area contributed by atoms with Gasteiger partial charge >= 0.3 is 0 Å². The molecule has 1 aliphatic heterocycles. The summed E-state index contributed by atoms with van der Waals surface area (Å²) in [6.07, 6.45) is 0.908. The van der Waals surface area contributed by atoms with Gasteiger partial charge in [0.1, 0.15) is 13.1 Å². The maximum absolute atomic E-state index is 13.9. The second kappa shape index (κ2) is 6.25. The lowest BCUT2D eigenvalue weighted by Crippen LogP contribution is -2.50. The van der Waals surface area contributed by atoms with E-state index in [1.54, 1.807) is 6.07 Å². The van der Waals surface area contributed by atoms with Crippen molar-refractivity contribution in [2.75, 3.05) is 27.2 Å². The highest BCUT2D eigenvalue weighted by Crippen LogP contribution is 2.30. The Balaban J connectivity index is 1.58. The van der Waals surface area contributed by atoms with E-state index in [0.717, 1.165) is 25.0 Å². The number of benzene rings is 2. The second-order valence-corrected chi connectivity index (χ2v) is 7.31. The van der Waals surface area contributed by atoms with Crippen molar-refractivity contribution in [1.29, 1.82) is 0 Å². The number of hydrogen-bond donors (Lipinski definition) is 1. The summed E-state index contributed by atoms with van der Waals surface area (Å²) < 4.78 is 19.5. The van der Waals surface area contributed by atoms with Crippen molar-refractivity contribution < 1.29 is 18.4 Å². The Labute approximate surface area is 151 Å². The van der Waals surface area contributed by atoms with E-state index in [1.165, 1.54) is 35.9 Å². The summed E-state index contributed by atoms with van der Waals surface area (Å²) in [7, 11) is 3.52. The Morgan fingerprint density at radius 1 is 1.27 bits per heavy atom. The van der Waals surface area contributed by atoms with Crippen LogP contribution in [-0.2, 0) is 13.0 Å². The molecule has 2 heterocycles. The lowest BCUT2D eigenvalue weighted by Gasteiger charge is -2.37. The third-order valence-electron chi connectivity index (χ3n) is 5.34. The fourth-order valence-electron chi connectivity index (χ4n) is 3.91. The van der Waals surface area contributed by atoms with E-state index >= 15 is 0 Å². The van der Waals surface area contributed by atoms with Crippen LogP contribution >= 0.6 is 0 Å². The van der Waals surface area contributed by atoms with Crippen LogP contribution in [0.15, 0.2) is 42.5 Å². The molecule has 3 aromatic rings. The number of likely N-dealkylation sites (N-methyl/N-ethyl adjacent to an activating group) is 1. The number of aromatic nitrogens is 1. The SMILES string of the molecule is COc1ccc(C(=O)C[N@+]2(C)CCc3[nH]c4ccccc4c3C2)cc1F. The molecule has 1 atom stereocenters. The maximum atomic E-state index is 13.9. The number of nitrogens with one attached hydrogen (secondary N) is 1. The molecule has 0 unspecified atom stereocenters. The molecule has 0 amide bonds. The summed E-state index contributed by atoms with van der Waals surface area (Å²) in [5.41, 5.74) is 4.11. The molecule has 0 saturated carbocycles. The number of para-hydroxylation sites is 1. The molecule has 1 aromatic heterocycles. The zero-order valence-electron chi connectivity index (χ0n) is 15.0. The van der Waals surface area contributed by atoms with E-state index in [0.29, 0.717) is 16.6 Å². The number of carbonyl (C=O) groups excluding carboxylic acids is 1. The Bertz CT molecular complexity index is 995. The van der Waals surface area contributed by atoms with E-state index in [-0.39, 0.29) is 11.5 Å². The molecule has 0 radical (unpaired) electrons. The molecule has 2 aromatic carbocycles. The molecule has 134 valence electrons. The first-order valence-electron chi connectivity index (χ1n) is 8.78. The van der Waals surface area contributed by atoms with Gasteiger partial charge in [0.25, 0.3) is 0 Å². The molecule has 0 spiro atoms. The van der Waals surface area contributed by atoms with Gasteiger partial charge in [0.05, 0.1) is 20.7 Å². The molecule has 0 aliphatic carbocycles. The average Bonchev–Trinajstić information content (AvgIpc) is 2.99. The molecule has 0 bridgehead atoms. The fraction of sp³-hybridized carbons (Fsp3) is 0.286. The number of carbonyl (C=O) groups is 1. The van der Waals surface area contributed by atoms with Crippen LogP contribution in [0.25, 0.3) is 10.9 Å². The van der Waals surface area contributed by atoms with Gasteiger partial charge < -0.3 is 14.2 Å². The lowest BCUT2D eigenvalue weighted by atomic mass is 10.0. The number of nitrogens with zero attached hydrogens (tertiary/aromatic N) is 1. The van der Waals surface area contributed by atoms with E-state index < -0.39 is 5.82 Å². The van der Waals surface area contributed by atoms with Crippen molar-refractivity contribution in [3.05, 3.63) is 65.1 Å². The van der Waals surface area contributed by atoms with Crippen LogP contribution in [0.1, 0.15) is 21.6 Å². The third kappa shape index (κ3) is 2.88. The first-order valence-corrected chi connectivity index (χ1v) is 8.78. The minimum atomic E-state index is -0.501. The summed E-state index contributed by atoms with van der Waals surface area (Å²) in [6, 6.07) is 12.7. The summed E-state index contributed by atoms with van der Waals surface area (Å²) in [5.74, 6) is -0.390. The molecular weight excluding hydrogens is 331 g/mol. The Hall–Kier alpha value is -2.66. The van der Waals surface area contributed by atoms with E-state index in [1.807, 2.05) is 12.1 Å². The van der Waals surface area contributed by atoms with Crippen LogP contribution in [0.3, 0.4) is 0 Å². The first kappa shape index (κ1) is 16.8. The quantitative estimate of drug-likeness (QED) is 0.574. The Morgan fingerprint density at radius 2 is 2.08 bits per heavy atom. The van der Waals surface area contributed by atoms with Gasteiger partial charge in [0.15, 0.2) is 11.6 Å². The van der Waals surface area contributed by atoms with E-state index in [9.17, 15) is 9.18 Å². The van der Waals surface area contributed by atoms with Gasteiger partial charge in [-0.2, -0.15) is 0 Å². The van der Waals surface area contributed by atoms with Crippen LogP contribution in [0.4, 0.5) is 4.39 Å². The number of H-pyrrole nitrogens is 1. The van der Waals surface area contributed by atoms with Crippen molar-refractivity contribution in [2.45, 2.75) is 13.0 Å². The number of ketones is 1. The van der Waals surface area contributed by atoms with Gasteiger partial charge in [-0.25, -0.2) is 4.39 Å². The summed E-state index contributed by atoms with van der Waals surface area (Å²) >= 11 is 0. The smallest absolute Gasteiger partial charge is 0.217 e. The molecular formula is C21H22FN2O2+. The van der Waals surface area contributed by atoms with Crippen molar-refractivity contribution in [1.82, 2.24) is 4.98 Å². The van der Waals surface area contributed by atoms with Crippen LogP contribution in [0.2, 0.25) is 0 Å². The Kier molecular flexibility index (Phi) is 4.04. The number of aromatic amines is 1. The highest BCUT2D eigenvalue weighted by molar-refractivity contribution is 5.97. The zero-order chi connectivity index (χ0) is 18.3. The average molecular weight is 353 g/mol. The summed E-state index contributed by atoms with van der Waals surface area (Å²) in [4.78, 5) is 16.3. The summed E-state index contributed by atoms with van der Waals surface area (Å²) in [5, 5.41) is 1.23. The topological polar surface area (TPSA) is 42.1 Å². The van der Waals surface area contributed by atoms with E-state index in [2.05, 4.69) is 24.2 Å². The molecule has 4 rings (SSSR count). The van der Waals surface area contributed by atoms with Gasteiger partial charge in [0, 0.05) is 34.1 Å². The van der Waals surface area contributed by atoms with Gasteiger partial charge in [0.2, 0.25) is 5.78 Å². The van der Waals surface area contributed by atoms with Gasteiger partial charge in [-0.05, 0) is 24.3 Å². The standard InChI is InChI=1S/C21H22FN2O2/c1-24(13-20(25)14-7-8-21(26-2)17(22)11-14)10-9-19-16(12-24)15-5-3-4-6-18(15)23-19/h3-8,11,23H,9-10,12-13H2,1-2H3/q+1/t24-/m1/s1. The normalized spacial score (nSPS) is 19.3. The fourth-order valence-corrected chi connectivity index (χ4v) is 3.91. The lowest BCUT2D eigenvalue weighted by molar-refractivity contribution is -0.916. The molecule has 0 saturated heterocycles. The van der Waals surface area contributed by atoms with Crippen LogP contribution in [0, 0.1) is 5.82 Å². The second-order valence-electron chi connectivity index (χ2n) is 7.31. The minimum Gasteiger partial charge on any atom is -0.494 e. The van der Waals surface area contributed by atoms with Crippen LogP contribution < -0.4 is 4.74 Å². The highest BCUT2D eigenvalue weighted by Gasteiger charge is 2.33. The monoisotopic (exact) mass is 353 g/mol. The number of methoxy groups -OCH3 is 1. The van der Waals surface area contributed by atoms with E-state index in [4.69, 9.17) is 4.74 Å². The Morgan fingerprint density at radius 3 is 2.85 bits per heavy atom. The molecule has 1 N–H and O–H groups in total. The number of ether oxygens (including phenoxy) is 1. The van der Waals surface area contributed by atoms with Crippen molar-refractivity contribution in [3.8, 4) is 5.75 Å². The van der Waals surface area contributed by atoms with Crippen LogP contribution in [0.5, 0.6) is 5.75 Å². The minimum absolute atomic E-state index is 0.0441. The first-order chi connectivity index (χ1) is 12.5. The highest BCUT2D eigenvalue weighted by atomic mass is 19.1. The van der Waals surface area contributed by atoms with Gasteiger partial charge in [-0.3, -0.25) is 4.79 Å². The number of rotatable bonds is 4. The van der Waals surface area contributed by atoms with Crippen molar-refractivity contribution >= 4 is 16.7 Å². The number of hydrogen-bond acceptors (Lipinski definition) is 2.